The average Bonchev–Trinajstić information content (AvgIpc) is 2.86. The van der Waals surface area contributed by atoms with Crippen LogP contribution in [-0.4, -0.2) is 6.61 Å². The minimum absolute atomic E-state index is 0.0965. The molecule has 2 aromatic carbocycles. The highest BCUT2D eigenvalue weighted by atomic mass is 19.1. The highest BCUT2D eigenvalue weighted by Gasteiger charge is 2.35. The zero-order valence-electron chi connectivity index (χ0n) is 10.6. The van der Waals surface area contributed by atoms with Crippen LogP contribution in [-0.2, 0) is 11.2 Å². The van der Waals surface area contributed by atoms with Crippen LogP contribution < -0.4 is 0 Å². The van der Waals surface area contributed by atoms with Gasteiger partial charge in [0.1, 0.15) is 5.82 Å². The normalized spacial score (nSPS) is 24.3. The van der Waals surface area contributed by atoms with Gasteiger partial charge in [-0.1, -0.05) is 30.3 Å². The molecule has 2 aliphatic rings. The fraction of sp³-hybridized carbons (Fsp3) is 0.294. The molecule has 0 spiro atoms. The Bertz CT molecular complexity index is 635. The molecule has 0 N–H and O–H groups in total. The highest BCUT2D eigenvalue weighted by molar-refractivity contribution is 5.45. The van der Waals surface area contributed by atoms with Crippen LogP contribution in [0.2, 0.25) is 0 Å². The lowest BCUT2D eigenvalue weighted by Gasteiger charge is -2.19. The van der Waals surface area contributed by atoms with Crippen LogP contribution in [0.1, 0.15) is 40.7 Å². The second kappa shape index (κ2) is 4.17. The van der Waals surface area contributed by atoms with Crippen LogP contribution in [0.15, 0.2) is 42.5 Å². The molecule has 1 heterocycles. The summed E-state index contributed by atoms with van der Waals surface area (Å²) in [6, 6.07) is 13.6. The lowest BCUT2D eigenvalue weighted by Crippen LogP contribution is -2.06. The van der Waals surface area contributed by atoms with E-state index in [1.807, 2.05) is 6.07 Å². The molecule has 0 radical (unpaired) electrons. The van der Waals surface area contributed by atoms with E-state index in [1.54, 1.807) is 12.1 Å². The number of fused-ring (bicyclic) bond motifs is 5. The number of ether oxygens (including phenoxy) is 1. The molecule has 2 unspecified atom stereocenters. The van der Waals surface area contributed by atoms with Crippen LogP contribution >= 0.6 is 0 Å². The first-order valence-electron chi connectivity index (χ1n) is 6.80. The van der Waals surface area contributed by atoms with Crippen molar-refractivity contribution in [2.45, 2.75) is 24.9 Å². The third-order valence-electron chi connectivity index (χ3n) is 4.34. The van der Waals surface area contributed by atoms with Crippen molar-refractivity contribution >= 4 is 0 Å². The van der Waals surface area contributed by atoms with E-state index in [0.29, 0.717) is 5.92 Å². The van der Waals surface area contributed by atoms with Crippen molar-refractivity contribution in [2.75, 3.05) is 6.61 Å². The van der Waals surface area contributed by atoms with Crippen molar-refractivity contribution in [3.8, 4) is 0 Å². The molecule has 1 fully saturated rings. The van der Waals surface area contributed by atoms with Gasteiger partial charge in [0, 0.05) is 12.5 Å². The van der Waals surface area contributed by atoms with Gasteiger partial charge in [0.15, 0.2) is 0 Å². The zero-order chi connectivity index (χ0) is 12.8. The van der Waals surface area contributed by atoms with Crippen molar-refractivity contribution in [1.82, 2.24) is 0 Å². The molecule has 96 valence electrons. The lowest BCUT2D eigenvalue weighted by molar-refractivity contribution is 0.104. The third-order valence-corrected chi connectivity index (χ3v) is 4.34. The molecule has 1 saturated heterocycles. The molecule has 0 amide bonds. The third kappa shape index (κ3) is 1.71. The van der Waals surface area contributed by atoms with Crippen molar-refractivity contribution in [3.63, 3.8) is 0 Å². The average molecular weight is 254 g/mol. The van der Waals surface area contributed by atoms with Crippen molar-refractivity contribution in [2.24, 2.45) is 0 Å². The maximum absolute atomic E-state index is 13.6. The van der Waals surface area contributed by atoms with E-state index < -0.39 is 0 Å². The smallest absolute Gasteiger partial charge is 0.123 e. The Kier molecular flexibility index (Phi) is 2.46. The molecule has 19 heavy (non-hydrogen) atoms. The van der Waals surface area contributed by atoms with Crippen molar-refractivity contribution < 1.29 is 9.13 Å². The molecule has 2 aromatic rings. The molecule has 4 rings (SSSR count). The highest BCUT2D eigenvalue weighted by Crippen LogP contribution is 2.46. The van der Waals surface area contributed by atoms with E-state index in [-0.39, 0.29) is 11.9 Å². The minimum Gasteiger partial charge on any atom is -0.373 e. The van der Waals surface area contributed by atoms with Gasteiger partial charge in [-0.2, -0.15) is 0 Å². The first kappa shape index (κ1) is 11.2. The summed E-state index contributed by atoms with van der Waals surface area (Å²) in [6.45, 7) is 0.764. The number of rotatable bonds is 0. The molecule has 1 aliphatic carbocycles. The summed E-state index contributed by atoms with van der Waals surface area (Å²) in [7, 11) is 0. The van der Waals surface area contributed by atoms with E-state index in [2.05, 4.69) is 24.3 Å². The molecule has 1 aliphatic heterocycles. The Morgan fingerprint density at radius 1 is 1.00 bits per heavy atom. The van der Waals surface area contributed by atoms with Gasteiger partial charge in [0.05, 0.1) is 6.10 Å². The van der Waals surface area contributed by atoms with Crippen LogP contribution in [0.4, 0.5) is 4.39 Å². The summed E-state index contributed by atoms with van der Waals surface area (Å²) in [5, 5.41) is 0. The second-order valence-electron chi connectivity index (χ2n) is 5.41. The van der Waals surface area contributed by atoms with Crippen LogP contribution in [0.5, 0.6) is 0 Å². The van der Waals surface area contributed by atoms with Gasteiger partial charge in [-0.25, -0.2) is 4.39 Å². The standard InChI is InChI=1S/C17H15FO/c18-13-6-5-12-9-11-3-1-2-4-14(11)17-15(7-8-19-17)16(12)10-13/h1-6,10,15,17H,7-9H2. The van der Waals surface area contributed by atoms with Crippen LogP contribution in [0.3, 0.4) is 0 Å². The Labute approximate surface area is 112 Å². The summed E-state index contributed by atoms with van der Waals surface area (Å²) in [4.78, 5) is 0. The number of halogens is 1. The van der Waals surface area contributed by atoms with Crippen molar-refractivity contribution in [1.29, 1.82) is 0 Å². The van der Waals surface area contributed by atoms with Gasteiger partial charge < -0.3 is 4.74 Å². The molecule has 0 aromatic heterocycles. The number of hydrogen-bond acceptors (Lipinski definition) is 1. The van der Waals surface area contributed by atoms with Gasteiger partial charge in [-0.15, -0.1) is 0 Å². The van der Waals surface area contributed by atoms with Gasteiger partial charge >= 0.3 is 0 Å². The maximum atomic E-state index is 13.6. The van der Waals surface area contributed by atoms with Gasteiger partial charge in [-0.05, 0) is 47.2 Å². The second-order valence-corrected chi connectivity index (χ2v) is 5.41. The summed E-state index contributed by atoms with van der Waals surface area (Å²) in [6.07, 6.45) is 1.96. The van der Waals surface area contributed by atoms with Gasteiger partial charge in [-0.3, -0.25) is 0 Å². The van der Waals surface area contributed by atoms with Crippen LogP contribution in [0.25, 0.3) is 0 Å². The molecule has 2 atom stereocenters. The van der Waals surface area contributed by atoms with Crippen LogP contribution in [0, 0.1) is 5.82 Å². The first-order valence-corrected chi connectivity index (χ1v) is 6.80. The largest absolute Gasteiger partial charge is 0.373 e. The summed E-state index contributed by atoms with van der Waals surface area (Å²) in [5.41, 5.74) is 4.97. The minimum atomic E-state index is -0.143. The van der Waals surface area contributed by atoms with E-state index in [4.69, 9.17) is 4.74 Å². The quantitative estimate of drug-likeness (QED) is 0.691. The van der Waals surface area contributed by atoms with Gasteiger partial charge in [0.25, 0.3) is 0 Å². The topological polar surface area (TPSA) is 9.23 Å². The first-order chi connectivity index (χ1) is 9.33. The molecule has 2 heteroatoms. The summed E-state index contributed by atoms with van der Waals surface area (Å²) in [5.74, 6) is 0.157. The number of benzene rings is 2. The Morgan fingerprint density at radius 3 is 2.79 bits per heavy atom. The zero-order valence-corrected chi connectivity index (χ0v) is 10.6. The Morgan fingerprint density at radius 2 is 1.84 bits per heavy atom. The van der Waals surface area contributed by atoms with E-state index in [9.17, 15) is 4.39 Å². The van der Waals surface area contributed by atoms with Gasteiger partial charge in [0.2, 0.25) is 0 Å². The fourth-order valence-electron chi connectivity index (χ4n) is 3.46. The summed E-state index contributed by atoms with van der Waals surface area (Å²) >= 11 is 0. The molecule has 0 bridgehead atoms. The van der Waals surface area contributed by atoms with E-state index in [0.717, 1.165) is 25.0 Å². The lowest BCUT2D eigenvalue weighted by atomic mass is 9.88. The predicted molar refractivity (Wildman–Crippen MR) is 71.7 cm³/mol. The van der Waals surface area contributed by atoms with E-state index in [1.165, 1.54) is 16.7 Å². The number of hydrogen-bond donors (Lipinski definition) is 0. The van der Waals surface area contributed by atoms with Crippen molar-refractivity contribution in [3.05, 3.63) is 70.5 Å². The SMILES string of the molecule is Fc1ccc2c(c1)C1CCOC1c1ccccc1C2. The molecular weight excluding hydrogens is 239 g/mol. The predicted octanol–water partition coefficient (Wildman–Crippen LogP) is 3.98. The molecular formula is C17H15FO. The molecule has 0 saturated carbocycles. The Balaban J connectivity index is 1.94. The monoisotopic (exact) mass is 254 g/mol. The Hall–Kier alpha value is -1.67. The molecule has 1 nitrogen and oxygen atoms in total. The summed E-state index contributed by atoms with van der Waals surface area (Å²) < 4.78 is 19.5. The maximum Gasteiger partial charge on any atom is 0.123 e. The fourth-order valence-corrected chi connectivity index (χ4v) is 3.46. The van der Waals surface area contributed by atoms with E-state index >= 15 is 0 Å².